The Balaban J connectivity index is 0.00000192. The first-order valence-corrected chi connectivity index (χ1v) is 6.76. The van der Waals surface area contributed by atoms with Gasteiger partial charge in [0.05, 0.1) is 12.5 Å². The molecule has 0 aliphatic heterocycles. The van der Waals surface area contributed by atoms with E-state index in [0.29, 0.717) is 22.3 Å². The van der Waals surface area contributed by atoms with E-state index in [1.54, 1.807) is 25.1 Å². The van der Waals surface area contributed by atoms with Crippen LogP contribution in [0.15, 0.2) is 45.6 Å². The van der Waals surface area contributed by atoms with Crippen LogP contribution < -0.4 is 10.4 Å². The molecule has 0 aliphatic rings. The molecule has 23 heavy (non-hydrogen) atoms. The SMILES string of the molecule is COC(=O)COc1ccc2c(oc(=O)c3ccccc32)c1C.O. The highest BCUT2D eigenvalue weighted by Gasteiger charge is 2.13. The zero-order valence-corrected chi connectivity index (χ0v) is 12.7. The van der Waals surface area contributed by atoms with Gasteiger partial charge in [-0.15, -0.1) is 0 Å². The number of aryl methyl sites for hydroxylation is 1. The third kappa shape index (κ3) is 2.89. The monoisotopic (exact) mass is 316 g/mol. The van der Waals surface area contributed by atoms with E-state index < -0.39 is 11.6 Å². The van der Waals surface area contributed by atoms with Crippen LogP contribution in [0.25, 0.3) is 21.7 Å². The van der Waals surface area contributed by atoms with Gasteiger partial charge < -0.3 is 19.4 Å². The summed E-state index contributed by atoms with van der Waals surface area (Å²) in [7, 11) is 1.30. The van der Waals surface area contributed by atoms with Gasteiger partial charge in [-0.1, -0.05) is 18.2 Å². The van der Waals surface area contributed by atoms with Crippen molar-refractivity contribution < 1.29 is 24.2 Å². The van der Waals surface area contributed by atoms with Gasteiger partial charge in [-0.2, -0.15) is 0 Å². The predicted molar refractivity (Wildman–Crippen MR) is 85.9 cm³/mol. The second-order valence-electron chi connectivity index (χ2n) is 4.87. The molecule has 0 radical (unpaired) electrons. The first-order chi connectivity index (χ1) is 10.6. The predicted octanol–water partition coefficient (Wildman–Crippen LogP) is 1.98. The molecule has 120 valence electrons. The Morgan fingerprint density at radius 1 is 1.09 bits per heavy atom. The molecule has 0 spiro atoms. The second kappa shape index (κ2) is 6.50. The molecule has 0 aliphatic carbocycles. The molecule has 0 atom stereocenters. The topological polar surface area (TPSA) is 97.2 Å². The van der Waals surface area contributed by atoms with E-state index in [1.165, 1.54) is 7.11 Å². The third-order valence-corrected chi connectivity index (χ3v) is 3.56. The number of carbonyl (C=O) groups is 1. The van der Waals surface area contributed by atoms with Gasteiger partial charge in [0.2, 0.25) is 0 Å². The lowest BCUT2D eigenvalue weighted by Crippen LogP contribution is -2.13. The lowest BCUT2D eigenvalue weighted by atomic mass is 10.0. The summed E-state index contributed by atoms with van der Waals surface area (Å²) in [4.78, 5) is 23.3. The summed E-state index contributed by atoms with van der Waals surface area (Å²) >= 11 is 0. The maximum absolute atomic E-state index is 12.1. The minimum atomic E-state index is -0.473. The molecule has 2 N–H and O–H groups in total. The number of ether oxygens (including phenoxy) is 2. The normalized spacial score (nSPS) is 10.3. The summed E-state index contributed by atoms with van der Waals surface area (Å²) in [6.45, 7) is 1.59. The molecule has 0 saturated heterocycles. The fraction of sp³-hybridized carbons (Fsp3) is 0.176. The standard InChI is InChI=1S/C17H14O5.H2O/c1-10-14(21-9-15(18)20-2)8-7-12-11-5-3-4-6-13(11)17(19)22-16(10)12;/h3-8H,9H2,1-2H3;1H2. The Morgan fingerprint density at radius 3 is 2.48 bits per heavy atom. The van der Waals surface area contributed by atoms with E-state index in [9.17, 15) is 9.59 Å². The van der Waals surface area contributed by atoms with Gasteiger partial charge in [0.25, 0.3) is 0 Å². The van der Waals surface area contributed by atoms with Gasteiger partial charge in [0.1, 0.15) is 11.3 Å². The highest BCUT2D eigenvalue weighted by molar-refractivity contribution is 6.05. The smallest absolute Gasteiger partial charge is 0.344 e. The number of esters is 1. The minimum absolute atomic E-state index is 0. The van der Waals surface area contributed by atoms with Gasteiger partial charge >= 0.3 is 11.6 Å². The van der Waals surface area contributed by atoms with Crippen molar-refractivity contribution in [2.24, 2.45) is 0 Å². The Morgan fingerprint density at radius 2 is 1.78 bits per heavy atom. The molecule has 0 saturated carbocycles. The number of hydrogen-bond acceptors (Lipinski definition) is 5. The van der Waals surface area contributed by atoms with Crippen LogP contribution in [0.3, 0.4) is 0 Å². The summed E-state index contributed by atoms with van der Waals surface area (Å²) in [5.41, 5.74) is 0.742. The molecular weight excluding hydrogens is 300 g/mol. The van der Waals surface area contributed by atoms with Crippen LogP contribution in [0.4, 0.5) is 0 Å². The number of fused-ring (bicyclic) bond motifs is 3. The molecule has 3 rings (SSSR count). The quantitative estimate of drug-likeness (QED) is 0.418. The largest absolute Gasteiger partial charge is 0.481 e. The average Bonchev–Trinajstić information content (AvgIpc) is 2.55. The van der Waals surface area contributed by atoms with Crippen molar-refractivity contribution in [3.63, 3.8) is 0 Å². The van der Waals surface area contributed by atoms with Gasteiger partial charge in [0.15, 0.2) is 6.61 Å². The van der Waals surface area contributed by atoms with Crippen LogP contribution in [-0.2, 0) is 9.53 Å². The first-order valence-electron chi connectivity index (χ1n) is 6.76. The van der Waals surface area contributed by atoms with Crippen molar-refractivity contribution in [2.75, 3.05) is 13.7 Å². The van der Waals surface area contributed by atoms with Crippen molar-refractivity contribution >= 4 is 27.7 Å². The number of carbonyl (C=O) groups excluding carboxylic acids is 1. The highest BCUT2D eigenvalue weighted by Crippen LogP contribution is 2.30. The van der Waals surface area contributed by atoms with E-state index in [4.69, 9.17) is 9.15 Å². The fourth-order valence-electron chi connectivity index (χ4n) is 2.41. The van der Waals surface area contributed by atoms with Crippen molar-refractivity contribution in [3.05, 3.63) is 52.4 Å². The highest BCUT2D eigenvalue weighted by atomic mass is 16.6. The molecule has 1 heterocycles. The van der Waals surface area contributed by atoms with Crippen molar-refractivity contribution in [3.8, 4) is 5.75 Å². The van der Waals surface area contributed by atoms with E-state index in [2.05, 4.69) is 4.74 Å². The lowest BCUT2D eigenvalue weighted by molar-refractivity contribution is -0.142. The number of rotatable bonds is 3. The summed E-state index contributed by atoms with van der Waals surface area (Å²) in [6, 6.07) is 10.9. The summed E-state index contributed by atoms with van der Waals surface area (Å²) in [5.74, 6) is 0.00999. The van der Waals surface area contributed by atoms with E-state index >= 15 is 0 Å². The Hall–Kier alpha value is -2.86. The van der Waals surface area contributed by atoms with E-state index in [1.807, 2.05) is 18.2 Å². The molecule has 0 bridgehead atoms. The maximum Gasteiger partial charge on any atom is 0.344 e. The van der Waals surface area contributed by atoms with Gasteiger partial charge in [-0.25, -0.2) is 9.59 Å². The van der Waals surface area contributed by atoms with E-state index in [0.717, 1.165) is 10.8 Å². The van der Waals surface area contributed by atoms with Crippen LogP contribution in [0.1, 0.15) is 5.56 Å². The molecule has 0 amide bonds. The van der Waals surface area contributed by atoms with Crippen LogP contribution >= 0.6 is 0 Å². The Labute approximate surface area is 131 Å². The van der Waals surface area contributed by atoms with Gasteiger partial charge in [-0.05, 0) is 30.5 Å². The summed E-state index contributed by atoms with van der Waals surface area (Å²) in [5, 5.41) is 2.20. The number of hydrogen-bond donors (Lipinski definition) is 0. The van der Waals surface area contributed by atoms with Gasteiger partial charge in [0, 0.05) is 10.9 Å². The maximum atomic E-state index is 12.1. The molecule has 1 aromatic heterocycles. The molecule has 6 nitrogen and oxygen atoms in total. The van der Waals surface area contributed by atoms with Crippen molar-refractivity contribution in [2.45, 2.75) is 6.92 Å². The third-order valence-electron chi connectivity index (χ3n) is 3.56. The Kier molecular flexibility index (Phi) is 4.66. The fourth-order valence-corrected chi connectivity index (χ4v) is 2.41. The first kappa shape index (κ1) is 16.5. The average molecular weight is 316 g/mol. The van der Waals surface area contributed by atoms with Crippen LogP contribution in [0, 0.1) is 6.92 Å². The number of benzene rings is 2. The zero-order valence-electron chi connectivity index (χ0n) is 12.7. The Bertz CT molecular complexity index is 925. The lowest BCUT2D eigenvalue weighted by Gasteiger charge is -2.10. The summed E-state index contributed by atoms with van der Waals surface area (Å²) in [6.07, 6.45) is 0. The molecular formula is C17H16O6. The van der Waals surface area contributed by atoms with E-state index in [-0.39, 0.29) is 12.1 Å². The van der Waals surface area contributed by atoms with Gasteiger partial charge in [-0.3, -0.25) is 0 Å². The molecule has 3 aromatic rings. The van der Waals surface area contributed by atoms with Crippen LogP contribution in [0.2, 0.25) is 0 Å². The van der Waals surface area contributed by atoms with Crippen LogP contribution in [0.5, 0.6) is 5.75 Å². The summed E-state index contributed by atoms with van der Waals surface area (Å²) < 4.78 is 15.4. The molecule has 2 aromatic carbocycles. The molecule has 0 unspecified atom stereocenters. The minimum Gasteiger partial charge on any atom is -0.481 e. The second-order valence-corrected chi connectivity index (χ2v) is 4.87. The molecule has 0 fully saturated rings. The van der Waals surface area contributed by atoms with Crippen molar-refractivity contribution in [1.29, 1.82) is 0 Å². The van der Waals surface area contributed by atoms with Crippen molar-refractivity contribution in [1.82, 2.24) is 0 Å². The van der Waals surface area contributed by atoms with Crippen LogP contribution in [-0.4, -0.2) is 25.2 Å². The number of methoxy groups -OCH3 is 1. The molecule has 6 heteroatoms. The zero-order chi connectivity index (χ0) is 15.7.